The van der Waals surface area contributed by atoms with Crippen LogP contribution in [0.2, 0.25) is 0 Å². The minimum absolute atomic E-state index is 0. The smallest absolute Gasteiger partial charge is 0.310 e. The fourth-order valence-electron chi connectivity index (χ4n) is 0.725. The fraction of sp³-hybridized carbons (Fsp3) is 0.333. The van der Waals surface area contributed by atoms with Gasteiger partial charge in [-0.05, 0) is 13.0 Å². The van der Waals surface area contributed by atoms with E-state index in [4.69, 9.17) is 0 Å². The van der Waals surface area contributed by atoms with Crippen molar-refractivity contribution in [3.8, 4) is 0 Å². The van der Waals surface area contributed by atoms with Gasteiger partial charge in [-0.25, -0.2) is 4.79 Å². The van der Waals surface area contributed by atoms with E-state index < -0.39 is 17.6 Å². The molecule has 74 valence electrons. The molecule has 0 atom stereocenters. The van der Waals surface area contributed by atoms with Crippen molar-refractivity contribution < 1.29 is 13.2 Å². The molecule has 0 saturated carbocycles. The molecule has 0 saturated heterocycles. The molecule has 0 aromatic carbocycles. The van der Waals surface area contributed by atoms with Crippen molar-refractivity contribution in [1.29, 1.82) is 0 Å². The predicted molar refractivity (Wildman–Crippen MR) is 41.8 cm³/mol. The van der Waals surface area contributed by atoms with Gasteiger partial charge in [0.1, 0.15) is 0 Å². The Balaban J connectivity index is 0.00000144. The minimum Gasteiger partial charge on any atom is -0.310 e. The van der Waals surface area contributed by atoms with E-state index in [1.165, 1.54) is 6.92 Å². The number of aryl methyl sites for hydroxylation is 1. The number of hydrogen-bond donors (Lipinski definition) is 1. The molecule has 0 fully saturated rings. The van der Waals surface area contributed by atoms with E-state index >= 15 is 0 Å². The van der Waals surface area contributed by atoms with Crippen molar-refractivity contribution in [2.75, 3.05) is 0 Å². The molecule has 0 radical (unpaired) electrons. The highest BCUT2D eigenvalue weighted by Gasteiger charge is 2.32. The molecule has 1 N–H and O–H groups in total. The third kappa shape index (κ3) is 3.06. The third-order valence-electron chi connectivity index (χ3n) is 1.17. The van der Waals surface area contributed by atoms with Crippen LogP contribution < -0.4 is 5.69 Å². The average molecular weight is 215 g/mol. The van der Waals surface area contributed by atoms with Crippen LogP contribution in [0.5, 0.6) is 0 Å². The van der Waals surface area contributed by atoms with Gasteiger partial charge in [0.05, 0.1) is 0 Å². The summed E-state index contributed by atoms with van der Waals surface area (Å²) in [6.07, 6.45) is -4.56. The van der Waals surface area contributed by atoms with Crippen LogP contribution in [0.25, 0.3) is 0 Å². The summed E-state index contributed by atoms with van der Waals surface area (Å²) in [5.41, 5.74) is -2.01. The standard InChI is InChI=1S/C6H5F3N2O.ClH/c1-3-2-4(6(7,8)9)11-5(12)10-3;/h2H,1H3,(H,10,11,12);1H. The number of hydrogen-bond acceptors (Lipinski definition) is 2. The number of nitrogens with zero attached hydrogens (tertiary/aromatic N) is 1. The summed E-state index contributed by atoms with van der Waals surface area (Å²) in [7, 11) is 0. The van der Waals surface area contributed by atoms with Gasteiger partial charge in [0.25, 0.3) is 0 Å². The van der Waals surface area contributed by atoms with Gasteiger partial charge in [0.15, 0.2) is 5.69 Å². The minimum atomic E-state index is -4.56. The summed E-state index contributed by atoms with van der Waals surface area (Å²) in [5.74, 6) is 0. The Kier molecular flexibility index (Phi) is 3.48. The summed E-state index contributed by atoms with van der Waals surface area (Å²) < 4.78 is 35.8. The maximum atomic E-state index is 11.9. The first-order chi connectivity index (χ1) is 5.39. The second kappa shape index (κ2) is 3.78. The molecule has 7 heteroatoms. The summed E-state index contributed by atoms with van der Waals surface area (Å²) in [6, 6.07) is 0.779. The van der Waals surface area contributed by atoms with Gasteiger partial charge in [-0.2, -0.15) is 18.2 Å². The van der Waals surface area contributed by atoms with Crippen LogP contribution in [0.1, 0.15) is 11.4 Å². The summed E-state index contributed by atoms with van der Waals surface area (Å²) in [4.78, 5) is 15.4. The van der Waals surface area contributed by atoms with Crippen molar-refractivity contribution in [2.45, 2.75) is 13.1 Å². The lowest BCUT2D eigenvalue weighted by atomic mass is 10.3. The fourth-order valence-corrected chi connectivity index (χ4v) is 0.725. The maximum absolute atomic E-state index is 11.9. The van der Waals surface area contributed by atoms with Gasteiger partial charge in [-0.15, -0.1) is 12.4 Å². The Labute approximate surface area is 77.4 Å². The molecule has 1 rings (SSSR count). The van der Waals surface area contributed by atoms with Crippen molar-refractivity contribution in [3.63, 3.8) is 0 Å². The maximum Gasteiger partial charge on any atom is 0.433 e. The first kappa shape index (κ1) is 12.0. The number of H-pyrrole nitrogens is 1. The van der Waals surface area contributed by atoms with E-state index in [1.807, 2.05) is 0 Å². The molecule has 1 aromatic heterocycles. The van der Waals surface area contributed by atoms with E-state index in [0.717, 1.165) is 6.07 Å². The largest absolute Gasteiger partial charge is 0.433 e. The van der Waals surface area contributed by atoms with E-state index in [2.05, 4.69) is 9.97 Å². The highest BCUT2D eigenvalue weighted by Crippen LogP contribution is 2.26. The van der Waals surface area contributed by atoms with Gasteiger partial charge in [0, 0.05) is 5.69 Å². The zero-order valence-electron chi connectivity index (χ0n) is 6.47. The van der Waals surface area contributed by atoms with Crippen LogP contribution in [-0.2, 0) is 6.18 Å². The molecule has 3 nitrogen and oxygen atoms in total. The number of alkyl halides is 3. The molecule has 0 aliphatic heterocycles. The van der Waals surface area contributed by atoms with Crippen LogP contribution in [0.4, 0.5) is 13.2 Å². The number of nitrogens with one attached hydrogen (secondary N) is 1. The normalized spacial score (nSPS) is 10.8. The number of rotatable bonds is 0. The van der Waals surface area contributed by atoms with Gasteiger partial charge in [-0.3, -0.25) is 0 Å². The first-order valence-corrected chi connectivity index (χ1v) is 3.05. The molecule has 0 aliphatic rings. The van der Waals surface area contributed by atoms with E-state index in [9.17, 15) is 18.0 Å². The Bertz CT molecular complexity index is 346. The van der Waals surface area contributed by atoms with Gasteiger partial charge in [0.2, 0.25) is 0 Å². The van der Waals surface area contributed by atoms with E-state index in [0.29, 0.717) is 0 Å². The highest BCUT2D eigenvalue weighted by molar-refractivity contribution is 5.85. The SMILES string of the molecule is Cc1cc(C(F)(F)F)nc(=O)[nH]1.Cl. The number of aromatic nitrogens is 2. The molecule has 1 heterocycles. The van der Waals surface area contributed by atoms with Crippen molar-refractivity contribution in [3.05, 3.63) is 27.9 Å². The molecule has 0 bridgehead atoms. The van der Waals surface area contributed by atoms with Crippen LogP contribution in [0.3, 0.4) is 0 Å². The number of halogens is 4. The average Bonchev–Trinajstić information content (AvgIpc) is 1.82. The number of aromatic amines is 1. The molecular formula is C6H6ClF3N2O. The Morgan fingerprint density at radius 3 is 2.38 bits per heavy atom. The lowest BCUT2D eigenvalue weighted by molar-refractivity contribution is -0.141. The lowest BCUT2D eigenvalue weighted by Crippen LogP contribution is -2.19. The Hall–Kier alpha value is -1.04. The molecule has 13 heavy (non-hydrogen) atoms. The Morgan fingerprint density at radius 1 is 1.46 bits per heavy atom. The zero-order valence-corrected chi connectivity index (χ0v) is 7.29. The second-order valence-electron chi connectivity index (χ2n) is 2.25. The van der Waals surface area contributed by atoms with Gasteiger partial charge in [-0.1, -0.05) is 0 Å². The Morgan fingerprint density at radius 2 is 2.00 bits per heavy atom. The summed E-state index contributed by atoms with van der Waals surface area (Å²) in [5, 5.41) is 0. The first-order valence-electron chi connectivity index (χ1n) is 3.05. The molecule has 0 amide bonds. The predicted octanol–water partition coefficient (Wildman–Crippen LogP) is 1.52. The lowest BCUT2D eigenvalue weighted by Gasteiger charge is -2.04. The molecule has 0 aliphatic carbocycles. The van der Waals surface area contributed by atoms with Crippen LogP contribution in [0, 0.1) is 6.92 Å². The van der Waals surface area contributed by atoms with Gasteiger partial charge < -0.3 is 4.98 Å². The summed E-state index contributed by atoms with van der Waals surface area (Å²) in [6.45, 7) is 1.36. The molecular weight excluding hydrogens is 209 g/mol. The molecule has 0 unspecified atom stereocenters. The van der Waals surface area contributed by atoms with Crippen LogP contribution >= 0.6 is 12.4 Å². The highest BCUT2D eigenvalue weighted by atomic mass is 35.5. The monoisotopic (exact) mass is 214 g/mol. The van der Waals surface area contributed by atoms with E-state index in [-0.39, 0.29) is 18.1 Å². The van der Waals surface area contributed by atoms with Gasteiger partial charge >= 0.3 is 11.9 Å². The summed E-state index contributed by atoms with van der Waals surface area (Å²) >= 11 is 0. The van der Waals surface area contributed by atoms with Crippen molar-refractivity contribution in [1.82, 2.24) is 9.97 Å². The quantitative estimate of drug-likeness (QED) is 0.712. The topological polar surface area (TPSA) is 45.8 Å². The molecule has 0 spiro atoms. The van der Waals surface area contributed by atoms with Crippen LogP contribution in [-0.4, -0.2) is 9.97 Å². The third-order valence-corrected chi connectivity index (χ3v) is 1.17. The molecule has 1 aromatic rings. The van der Waals surface area contributed by atoms with Crippen LogP contribution in [0.15, 0.2) is 10.9 Å². The zero-order chi connectivity index (χ0) is 9.35. The van der Waals surface area contributed by atoms with Crippen molar-refractivity contribution >= 4 is 12.4 Å². The second-order valence-corrected chi connectivity index (χ2v) is 2.25. The van der Waals surface area contributed by atoms with E-state index in [1.54, 1.807) is 0 Å². The van der Waals surface area contributed by atoms with Crippen molar-refractivity contribution in [2.24, 2.45) is 0 Å².